The van der Waals surface area contributed by atoms with Crippen molar-refractivity contribution in [3.8, 4) is 0 Å². The first kappa shape index (κ1) is 16.9. The summed E-state index contributed by atoms with van der Waals surface area (Å²) in [6.45, 7) is 1.75. The van der Waals surface area contributed by atoms with E-state index in [1.54, 1.807) is 36.5 Å². The van der Waals surface area contributed by atoms with Crippen molar-refractivity contribution < 1.29 is 9.18 Å². The molecule has 1 heterocycles. The number of aromatic nitrogens is 1. The highest BCUT2D eigenvalue weighted by Crippen LogP contribution is 2.09. The van der Waals surface area contributed by atoms with Crippen molar-refractivity contribution in [2.24, 2.45) is 0 Å². The lowest BCUT2D eigenvalue weighted by molar-refractivity contribution is 0.0950. The van der Waals surface area contributed by atoms with Crippen LogP contribution in [0.2, 0.25) is 0 Å². The molecule has 122 valence electrons. The number of amides is 1. The Morgan fingerprint density at radius 2 is 2.04 bits per heavy atom. The second-order valence-corrected chi connectivity index (χ2v) is 5.43. The van der Waals surface area contributed by atoms with Crippen LogP contribution in [0, 0.1) is 5.82 Å². The van der Waals surface area contributed by atoms with Gasteiger partial charge in [-0.3, -0.25) is 4.79 Å². The van der Waals surface area contributed by atoms with Crippen LogP contribution in [0.5, 0.6) is 0 Å². The molecule has 6 heteroatoms. The van der Waals surface area contributed by atoms with Crippen LogP contribution in [0.1, 0.15) is 15.9 Å². The maximum Gasteiger partial charge on any atom is 0.251 e. The number of hydrogen-bond donors (Lipinski definition) is 2. The van der Waals surface area contributed by atoms with E-state index in [-0.39, 0.29) is 18.3 Å². The molecule has 1 amide bonds. The third-order valence-electron chi connectivity index (χ3n) is 3.28. The number of halogens is 1. The molecule has 0 saturated carbocycles. The fraction of sp³-hybridized carbons (Fsp3) is 0.294. The lowest BCUT2D eigenvalue weighted by Crippen LogP contribution is -2.24. The average molecular weight is 316 g/mol. The van der Waals surface area contributed by atoms with Gasteiger partial charge in [0.15, 0.2) is 0 Å². The number of nitrogens with one attached hydrogen (secondary N) is 2. The van der Waals surface area contributed by atoms with Crippen molar-refractivity contribution >= 4 is 11.7 Å². The number of nitrogens with zero attached hydrogens (tertiary/aromatic N) is 2. The summed E-state index contributed by atoms with van der Waals surface area (Å²) in [7, 11) is 3.98. The Kier molecular flexibility index (Phi) is 6.05. The first-order valence-corrected chi connectivity index (χ1v) is 7.42. The predicted molar refractivity (Wildman–Crippen MR) is 88.9 cm³/mol. The molecule has 0 saturated heterocycles. The number of carbonyl (C=O) groups is 1. The highest BCUT2D eigenvalue weighted by molar-refractivity contribution is 5.94. The SMILES string of the molecule is CN(C)CCNc1cc(C(=O)NCc2ccccc2F)ccn1. The second-order valence-electron chi connectivity index (χ2n) is 5.43. The van der Waals surface area contributed by atoms with E-state index in [0.717, 1.165) is 13.1 Å². The van der Waals surface area contributed by atoms with Gasteiger partial charge in [0.1, 0.15) is 11.6 Å². The molecular weight excluding hydrogens is 295 g/mol. The second kappa shape index (κ2) is 8.24. The third kappa shape index (κ3) is 5.34. The van der Waals surface area contributed by atoms with Crippen LogP contribution in [0.4, 0.5) is 10.2 Å². The molecule has 23 heavy (non-hydrogen) atoms. The van der Waals surface area contributed by atoms with Crippen molar-refractivity contribution in [1.29, 1.82) is 0 Å². The molecule has 0 radical (unpaired) electrons. The number of likely N-dealkylation sites (N-methyl/N-ethyl adjacent to an activating group) is 1. The Labute approximate surface area is 135 Å². The van der Waals surface area contributed by atoms with Crippen LogP contribution in [0.3, 0.4) is 0 Å². The van der Waals surface area contributed by atoms with E-state index in [9.17, 15) is 9.18 Å². The molecule has 0 unspecified atom stereocenters. The van der Waals surface area contributed by atoms with Crippen molar-refractivity contribution in [2.75, 3.05) is 32.5 Å². The van der Waals surface area contributed by atoms with Gasteiger partial charge in [-0.1, -0.05) is 18.2 Å². The van der Waals surface area contributed by atoms with E-state index in [2.05, 4.69) is 20.5 Å². The zero-order chi connectivity index (χ0) is 16.7. The predicted octanol–water partition coefficient (Wildman–Crippen LogP) is 2.12. The van der Waals surface area contributed by atoms with Crippen LogP contribution >= 0.6 is 0 Å². The molecule has 5 nitrogen and oxygen atoms in total. The highest BCUT2D eigenvalue weighted by atomic mass is 19.1. The van der Waals surface area contributed by atoms with Crippen LogP contribution in [0.25, 0.3) is 0 Å². The fourth-order valence-electron chi connectivity index (χ4n) is 2.00. The third-order valence-corrected chi connectivity index (χ3v) is 3.28. The Morgan fingerprint density at radius 1 is 1.26 bits per heavy atom. The Hall–Kier alpha value is -2.47. The summed E-state index contributed by atoms with van der Waals surface area (Å²) in [6.07, 6.45) is 1.58. The lowest BCUT2D eigenvalue weighted by atomic mass is 10.2. The summed E-state index contributed by atoms with van der Waals surface area (Å²) >= 11 is 0. The highest BCUT2D eigenvalue weighted by Gasteiger charge is 2.08. The molecule has 0 aliphatic heterocycles. The largest absolute Gasteiger partial charge is 0.369 e. The molecule has 2 rings (SSSR count). The van der Waals surface area contributed by atoms with E-state index < -0.39 is 0 Å². The van der Waals surface area contributed by atoms with Gasteiger partial charge in [-0.05, 0) is 32.3 Å². The minimum absolute atomic E-state index is 0.150. The summed E-state index contributed by atoms with van der Waals surface area (Å²) < 4.78 is 13.5. The molecule has 0 atom stereocenters. The number of pyridine rings is 1. The summed E-state index contributed by atoms with van der Waals surface area (Å²) in [6, 6.07) is 9.70. The summed E-state index contributed by atoms with van der Waals surface area (Å²) in [5.74, 6) is 0.0604. The lowest BCUT2D eigenvalue weighted by Gasteiger charge is -2.11. The minimum atomic E-state index is -0.325. The molecular formula is C17H21FN4O. The summed E-state index contributed by atoms with van der Waals surface area (Å²) in [5.41, 5.74) is 0.947. The van der Waals surface area contributed by atoms with Gasteiger partial charge in [0.05, 0.1) is 0 Å². The first-order chi connectivity index (χ1) is 11.1. The van der Waals surface area contributed by atoms with Crippen LogP contribution in [0.15, 0.2) is 42.6 Å². The summed E-state index contributed by atoms with van der Waals surface area (Å²) in [5, 5.41) is 5.88. The van der Waals surface area contributed by atoms with E-state index in [1.165, 1.54) is 6.07 Å². The number of rotatable bonds is 7. The standard InChI is InChI=1S/C17H21FN4O/c1-22(2)10-9-20-16-11-13(7-8-19-16)17(23)21-12-14-5-3-4-6-15(14)18/h3-8,11H,9-10,12H2,1-2H3,(H,19,20)(H,21,23). The smallest absolute Gasteiger partial charge is 0.251 e. The topological polar surface area (TPSA) is 57.3 Å². The van der Waals surface area contributed by atoms with Gasteiger partial charge in [-0.25, -0.2) is 9.37 Å². The normalized spacial score (nSPS) is 10.6. The van der Waals surface area contributed by atoms with E-state index in [0.29, 0.717) is 16.9 Å². The van der Waals surface area contributed by atoms with Crippen LogP contribution in [-0.4, -0.2) is 43.0 Å². The molecule has 0 fully saturated rings. The van der Waals surface area contributed by atoms with E-state index >= 15 is 0 Å². The first-order valence-electron chi connectivity index (χ1n) is 7.42. The van der Waals surface area contributed by atoms with Crippen LogP contribution in [-0.2, 0) is 6.54 Å². The van der Waals surface area contributed by atoms with Gasteiger partial charge in [0, 0.05) is 37.0 Å². The van der Waals surface area contributed by atoms with Crippen molar-refractivity contribution in [3.63, 3.8) is 0 Å². The Bertz CT molecular complexity index is 661. The van der Waals surface area contributed by atoms with Crippen molar-refractivity contribution in [2.45, 2.75) is 6.54 Å². The van der Waals surface area contributed by atoms with Gasteiger partial charge in [-0.2, -0.15) is 0 Å². The van der Waals surface area contributed by atoms with Gasteiger partial charge >= 0.3 is 0 Å². The zero-order valence-corrected chi connectivity index (χ0v) is 13.3. The molecule has 0 bridgehead atoms. The summed E-state index contributed by atoms with van der Waals surface area (Å²) in [4.78, 5) is 18.4. The minimum Gasteiger partial charge on any atom is -0.369 e. The molecule has 0 spiro atoms. The maximum absolute atomic E-state index is 13.5. The van der Waals surface area contributed by atoms with Gasteiger partial charge in [0.25, 0.3) is 5.91 Å². The number of hydrogen-bond acceptors (Lipinski definition) is 4. The van der Waals surface area contributed by atoms with Crippen molar-refractivity contribution in [1.82, 2.24) is 15.2 Å². The molecule has 1 aromatic heterocycles. The number of anilines is 1. The van der Waals surface area contributed by atoms with E-state index in [4.69, 9.17) is 0 Å². The Balaban J connectivity index is 1.93. The average Bonchev–Trinajstić information content (AvgIpc) is 2.54. The number of benzene rings is 1. The fourth-order valence-corrected chi connectivity index (χ4v) is 2.00. The maximum atomic E-state index is 13.5. The van der Waals surface area contributed by atoms with E-state index in [1.807, 2.05) is 14.1 Å². The monoisotopic (exact) mass is 316 g/mol. The Morgan fingerprint density at radius 3 is 2.78 bits per heavy atom. The zero-order valence-electron chi connectivity index (χ0n) is 13.3. The quantitative estimate of drug-likeness (QED) is 0.821. The molecule has 1 aromatic carbocycles. The molecule has 2 N–H and O–H groups in total. The van der Waals surface area contributed by atoms with Crippen LogP contribution < -0.4 is 10.6 Å². The molecule has 0 aliphatic rings. The number of carbonyl (C=O) groups excluding carboxylic acids is 1. The molecule has 2 aromatic rings. The van der Waals surface area contributed by atoms with Gasteiger partial charge in [0.2, 0.25) is 0 Å². The van der Waals surface area contributed by atoms with Gasteiger partial charge < -0.3 is 15.5 Å². The van der Waals surface area contributed by atoms with Gasteiger partial charge in [-0.15, -0.1) is 0 Å². The van der Waals surface area contributed by atoms with Crippen molar-refractivity contribution in [3.05, 3.63) is 59.5 Å². The molecule has 0 aliphatic carbocycles.